The third kappa shape index (κ3) is 6.01. The van der Waals surface area contributed by atoms with Crippen molar-refractivity contribution in [2.45, 2.75) is 71.9 Å². The number of rotatable bonds is 6. The van der Waals surface area contributed by atoms with E-state index in [-0.39, 0.29) is 18.9 Å². The highest BCUT2D eigenvalue weighted by molar-refractivity contribution is 5.91. The molecule has 0 aromatic heterocycles. The molecular weight excluding hydrogens is 464 g/mol. The smallest absolute Gasteiger partial charge is 0.322 e. The summed E-state index contributed by atoms with van der Waals surface area (Å²) in [7, 11) is 0. The summed E-state index contributed by atoms with van der Waals surface area (Å²) in [4.78, 5) is 15.7. The van der Waals surface area contributed by atoms with E-state index in [1.54, 1.807) is 0 Å². The summed E-state index contributed by atoms with van der Waals surface area (Å²) >= 11 is 0. The molecule has 0 atom stereocenters. The van der Waals surface area contributed by atoms with Crippen LogP contribution in [-0.2, 0) is 6.54 Å². The van der Waals surface area contributed by atoms with Crippen molar-refractivity contribution in [3.63, 3.8) is 0 Å². The van der Waals surface area contributed by atoms with Crippen molar-refractivity contribution < 1.29 is 19.0 Å². The summed E-state index contributed by atoms with van der Waals surface area (Å²) in [6.07, 6.45) is 6.91. The Hall–Kier alpha value is -3.67. The van der Waals surface area contributed by atoms with Crippen molar-refractivity contribution in [3.8, 4) is 23.0 Å². The fraction of sp³-hybridized carbons (Fsp3) is 0.387. The third-order valence-electron chi connectivity index (χ3n) is 7.29. The Morgan fingerprint density at radius 2 is 1.51 bits per heavy atom. The molecule has 3 aromatic carbocycles. The van der Waals surface area contributed by atoms with Crippen molar-refractivity contribution >= 4 is 11.7 Å². The molecule has 1 N–H and O–H groups in total. The van der Waals surface area contributed by atoms with Crippen LogP contribution in [0.5, 0.6) is 23.0 Å². The number of amides is 2. The molecule has 6 heteroatoms. The largest absolute Gasteiger partial charge is 0.457 e. The molecule has 2 amide bonds. The van der Waals surface area contributed by atoms with Crippen LogP contribution in [0.15, 0.2) is 54.6 Å². The van der Waals surface area contributed by atoms with Crippen LogP contribution < -0.4 is 19.5 Å². The highest BCUT2D eigenvalue weighted by Crippen LogP contribution is 2.36. The van der Waals surface area contributed by atoms with Gasteiger partial charge in [0.1, 0.15) is 11.5 Å². The Morgan fingerprint density at radius 1 is 0.865 bits per heavy atom. The summed E-state index contributed by atoms with van der Waals surface area (Å²) in [6.45, 7) is 7.00. The summed E-state index contributed by atoms with van der Waals surface area (Å²) in [5.74, 6) is 2.85. The maximum atomic E-state index is 13.7. The quantitative estimate of drug-likeness (QED) is 0.350. The lowest BCUT2D eigenvalue weighted by molar-refractivity contribution is 0.174. The number of ether oxygens (including phenoxy) is 3. The van der Waals surface area contributed by atoms with E-state index >= 15 is 0 Å². The molecule has 2 aliphatic rings. The summed E-state index contributed by atoms with van der Waals surface area (Å²) in [5, 5.41) is 3.25. The molecule has 1 saturated carbocycles. The van der Waals surface area contributed by atoms with E-state index < -0.39 is 0 Å². The lowest BCUT2D eigenvalue weighted by atomic mass is 10.0. The monoisotopic (exact) mass is 500 g/mol. The first-order valence-corrected chi connectivity index (χ1v) is 13.3. The van der Waals surface area contributed by atoms with E-state index in [1.807, 2.05) is 47.4 Å². The Kier molecular flexibility index (Phi) is 7.54. The van der Waals surface area contributed by atoms with Crippen LogP contribution >= 0.6 is 0 Å². The first-order valence-electron chi connectivity index (χ1n) is 13.3. The minimum absolute atomic E-state index is 0.0253. The molecule has 1 aliphatic heterocycles. The highest BCUT2D eigenvalue weighted by atomic mass is 16.7. The van der Waals surface area contributed by atoms with Crippen molar-refractivity contribution in [2.75, 3.05) is 12.1 Å². The maximum absolute atomic E-state index is 13.7. The van der Waals surface area contributed by atoms with Gasteiger partial charge in [0.2, 0.25) is 6.79 Å². The molecule has 37 heavy (non-hydrogen) atoms. The van der Waals surface area contributed by atoms with E-state index in [0.29, 0.717) is 18.0 Å². The van der Waals surface area contributed by atoms with Gasteiger partial charge in [-0.1, -0.05) is 55.5 Å². The van der Waals surface area contributed by atoms with Gasteiger partial charge in [-0.3, -0.25) is 0 Å². The molecule has 0 spiro atoms. The van der Waals surface area contributed by atoms with Gasteiger partial charge < -0.3 is 24.4 Å². The molecule has 0 saturated heterocycles. The first kappa shape index (κ1) is 25.0. The number of hydrogen-bond donors (Lipinski definition) is 1. The van der Waals surface area contributed by atoms with Crippen LogP contribution in [0, 0.1) is 20.8 Å². The molecule has 0 unspecified atom stereocenters. The summed E-state index contributed by atoms with van der Waals surface area (Å²) in [6, 6.07) is 18.0. The van der Waals surface area contributed by atoms with Crippen molar-refractivity contribution in [2.24, 2.45) is 0 Å². The number of benzene rings is 3. The van der Waals surface area contributed by atoms with Crippen LogP contribution in [0.4, 0.5) is 10.5 Å². The second kappa shape index (κ2) is 11.2. The summed E-state index contributed by atoms with van der Waals surface area (Å²) < 4.78 is 16.9. The van der Waals surface area contributed by atoms with Gasteiger partial charge in [-0.25, -0.2) is 4.79 Å². The molecule has 0 radical (unpaired) electrons. The molecule has 5 rings (SSSR count). The lowest BCUT2D eigenvalue weighted by Crippen LogP contribution is -2.42. The highest BCUT2D eigenvalue weighted by Gasteiger charge is 2.26. The van der Waals surface area contributed by atoms with E-state index in [9.17, 15) is 4.79 Å². The molecule has 6 nitrogen and oxygen atoms in total. The van der Waals surface area contributed by atoms with Crippen molar-refractivity contribution in [1.82, 2.24) is 4.90 Å². The van der Waals surface area contributed by atoms with E-state index in [2.05, 4.69) is 38.2 Å². The van der Waals surface area contributed by atoms with Gasteiger partial charge in [0.15, 0.2) is 11.5 Å². The van der Waals surface area contributed by atoms with Crippen LogP contribution in [0.3, 0.4) is 0 Å². The van der Waals surface area contributed by atoms with Crippen LogP contribution in [0.25, 0.3) is 0 Å². The molecular formula is C31H36N2O4. The van der Waals surface area contributed by atoms with Crippen LogP contribution in [0.2, 0.25) is 0 Å². The number of anilines is 1. The first-order chi connectivity index (χ1) is 18.0. The molecule has 194 valence electrons. The number of nitrogens with zero attached hydrogens (tertiary/aromatic N) is 1. The predicted molar refractivity (Wildman–Crippen MR) is 146 cm³/mol. The average Bonchev–Trinajstić information content (AvgIpc) is 3.18. The van der Waals surface area contributed by atoms with Gasteiger partial charge >= 0.3 is 6.03 Å². The average molecular weight is 501 g/mol. The minimum atomic E-state index is -0.0253. The number of fused-ring (bicyclic) bond motifs is 1. The Morgan fingerprint density at radius 3 is 2.22 bits per heavy atom. The van der Waals surface area contributed by atoms with Crippen molar-refractivity contribution in [3.05, 3.63) is 76.9 Å². The number of carbonyl (C=O) groups excluding carboxylic acids is 1. The van der Waals surface area contributed by atoms with Gasteiger partial charge in [-0.15, -0.1) is 0 Å². The Balaban J connectivity index is 1.31. The van der Waals surface area contributed by atoms with Crippen LogP contribution in [-0.4, -0.2) is 23.8 Å². The molecule has 1 aliphatic carbocycles. The normalized spacial score (nSPS) is 15.2. The molecule has 1 fully saturated rings. The maximum Gasteiger partial charge on any atom is 0.322 e. The van der Waals surface area contributed by atoms with E-state index in [4.69, 9.17) is 14.2 Å². The SMILES string of the molecule is Cc1cc(C)c(NC(=O)N(Cc2ccc(Oc3ccc4c(c3)OCO4)cc2)C2CCCCCC2)c(C)c1. The number of hydrogen-bond acceptors (Lipinski definition) is 4. The second-order valence-corrected chi connectivity index (χ2v) is 10.2. The topological polar surface area (TPSA) is 60.0 Å². The summed E-state index contributed by atoms with van der Waals surface area (Å²) in [5.41, 5.74) is 5.39. The number of urea groups is 1. The lowest BCUT2D eigenvalue weighted by Gasteiger charge is -2.32. The number of carbonyl (C=O) groups is 1. The number of nitrogens with one attached hydrogen (secondary N) is 1. The van der Waals surface area contributed by atoms with Gasteiger partial charge in [-0.2, -0.15) is 0 Å². The minimum Gasteiger partial charge on any atom is -0.457 e. The van der Waals surface area contributed by atoms with Gasteiger partial charge in [0.05, 0.1) is 0 Å². The van der Waals surface area contributed by atoms with Crippen LogP contribution in [0.1, 0.15) is 60.8 Å². The standard InChI is InChI=1S/C31H36N2O4/c1-21-16-22(2)30(23(3)17-21)32-31(34)33(25-8-6-4-5-7-9-25)19-24-10-12-26(13-11-24)37-27-14-15-28-29(18-27)36-20-35-28/h10-18,25H,4-9,19-20H2,1-3H3,(H,32,34). The predicted octanol–water partition coefficient (Wildman–Crippen LogP) is 7.89. The zero-order valence-electron chi connectivity index (χ0n) is 22.0. The van der Waals surface area contributed by atoms with Gasteiger partial charge in [0.25, 0.3) is 0 Å². The second-order valence-electron chi connectivity index (χ2n) is 10.2. The Labute approximate surface area is 219 Å². The van der Waals surface area contributed by atoms with Gasteiger partial charge in [0, 0.05) is 24.3 Å². The number of aryl methyl sites for hydroxylation is 3. The fourth-order valence-electron chi connectivity index (χ4n) is 5.43. The van der Waals surface area contributed by atoms with E-state index in [0.717, 1.165) is 46.7 Å². The molecule has 0 bridgehead atoms. The fourth-order valence-corrected chi connectivity index (χ4v) is 5.43. The zero-order chi connectivity index (χ0) is 25.8. The van der Waals surface area contributed by atoms with Crippen molar-refractivity contribution in [1.29, 1.82) is 0 Å². The third-order valence-corrected chi connectivity index (χ3v) is 7.29. The molecule has 1 heterocycles. The molecule has 3 aromatic rings. The van der Waals surface area contributed by atoms with Gasteiger partial charge in [-0.05, 0) is 74.6 Å². The van der Waals surface area contributed by atoms with E-state index in [1.165, 1.54) is 31.2 Å². The Bertz CT molecular complexity index is 1220. The zero-order valence-corrected chi connectivity index (χ0v) is 22.0.